The van der Waals surface area contributed by atoms with Gasteiger partial charge >= 0.3 is 0 Å². The molecule has 3 heterocycles. The molecule has 0 radical (unpaired) electrons. The van der Waals surface area contributed by atoms with Gasteiger partial charge in [-0.2, -0.15) is 4.98 Å². The number of nitrogens with one attached hydrogen (secondary N) is 2. The molecule has 1 aliphatic heterocycles. The van der Waals surface area contributed by atoms with Gasteiger partial charge in [-0.3, -0.25) is 4.78 Å². The fourth-order valence-electron chi connectivity index (χ4n) is 3.70. The second-order valence-corrected chi connectivity index (χ2v) is 10.6. The van der Waals surface area contributed by atoms with Crippen molar-refractivity contribution in [3.8, 4) is 22.8 Å². The zero-order chi connectivity index (χ0) is 24.1. The summed E-state index contributed by atoms with van der Waals surface area (Å²) < 4.78 is 60.1. The lowest BCUT2D eigenvalue weighted by molar-refractivity contribution is 0.281. The van der Waals surface area contributed by atoms with E-state index in [1.165, 1.54) is 30.5 Å². The number of fused-ring (bicyclic) bond motifs is 6. The minimum absolute atomic E-state index is 0.0406. The van der Waals surface area contributed by atoms with Crippen LogP contribution in [0.4, 0.5) is 20.4 Å². The average Bonchev–Trinajstić information content (AvgIpc) is 2.75. The molecular formula is C24H26F2N4O3S. The summed E-state index contributed by atoms with van der Waals surface area (Å²) in [6, 6.07) is 8.84. The molecule has 0 spiro atoms. The number of rotatable bonds is 2. The van der Waals surface area contributed by atoms with Crippen molar-refractivity contribution in [1.29, 1.82) is 4.78 Å². The summed E-state index contributed by atoms with van der Waals surface area (Å²) in [5.74, 6) is 0.268. The second-order valence-electron chi connectivity index (χ2n) is 8.27. The number of hydrogen-bond donors (Lipinski definition) is 2. The first-order valence-electron chi connectivity index (χ1n) is 11.0. The van der Waals surface area contributed by atoms with Gasteiger partial charge in [0, 0.05) is 39.2 Å². The molecule has 1 atom stereocenters. The van der Waals surface area contributed by atoms with Gasteiger partial charge in [0.1, 0.15) is 29.0 Å². The van der Waals surface area contributed by atoms with Gasteiger partial charge < -0.3 is 14.8 Å². The topological polar surface area (TPSA) is 97.2 Å². The van der Waals surface area contributed by atoms with Crippen molar-refractivity contribution >= 4 is 21.4 Å². The Labute approximate surface area is 197 Å². The van der Waals surface area contributed by atoms with Crippen LogP contribution >= 0.6 is 0 Å². The molecule has 34 heavy (non-hydrogen) atoms. The summed E-state index contributed by atoms with van der Waals surface area (Å²) >= 11 is 0. The van der Waals surface area contributed by atoms with Crippen molar-refractivity contribution in [2.75, 3.05) is 24.8 Å². The summed E-state index contributed by atoms with van der Waals surface area (Å²) in [7, 11) is -2.79. The Morgan fingerprint density at radius 2 is 1.76 bits per heavy atom. The van der Waals surface area contributed by atoms with Gasteiger partial charge in [0.25, 0.3) is 0 Å². The molecule has 0 amide bonds. The molecule has 10 heteroatoms. The highest BCUT2D eigenvalue weighted by Gasteiger charge is 2.15. The Balaban J connectivity index is 1.76. The maximum atomic E-state index is 14.8. The van der Waals surface area contributed by atoms with E-state index >= 15 is 0 Å². The highest BCUT2D eigenvalue weighted by atomic mass is 32.2. The van der Waals surface area contributed by atoms with Crippen LogP contribution in [0.25, 0.3) is 11.1 Å². The standard InChI is InChI=1S/C24H26F2N4O3S/c1-34(27,31)15-16-10-23-29-22-13-19(20(26)14-28-22)18-7-6-17(25)12-21(18)32-8-4-2-3-5-9-33-24(11-16)30-23/h6-7,10-14,27H,2-5,8-9,15H2,1H3,(H,28,29,30). The van der Waals surface area contributed by atoms with E-state index < -0.39 is 21.4 Å². The van der Waals surface area contributed by atoms with Crippen LogP contribution in [0.15, 0.2) is 42.6 Å². The molecule has 1 aliphatic rings. The molecule has 4 bridgehead atoms. The number of nitrogens with zero attached hydrogens (tertiary/aromatic N) is 2. The van der Waals surface area contributed by atoms with E-state index in [0.29, 0.717) is 41.9 Å². The third kappa shape index (κ3) is 6.40. The molecule has 4 rings (SSSR count). The van der Waals surface area contributed by atoms with Crippen LogP contribution in [0.3, 0.4) is 0 Å². The average molecular weight is 489 g/mol. The van der Waals surface area contributed by atoms with Gasteiger partial charge in [0.15, 0.2) is 0 Å². The number of anilines is 2. The molecule has 2 N–H and O–H groups in total. The SMILES string of the molecule is CS(=N)(=O)Cc1cc2nc(c1)OCCCCCCOc1cc(F)ccc1-c1cc(ncc1F)N2. The Hall–Kier alpha value is -3.27. The Morgan fingerprint density at radius 3 is 2.53 bits per heavy atom. The minimum Gasteiger partial charge on any atom is -0.493 e. The molecule has 0 saturated heterocycles. The van der Waals surface area contributed by atoms with Crippen LogP contribution in [0.2, 0.25) is 0 Å². The second kappa shape index (κ2) is 10.3. The maximum absolute atomic E-state index is 14.8. The van der Waals surface area contributed by atoms with Crippen LogP contribution in [0, 0.1) is 16.4 Å². The third-order valence-corrected chi connectivity index (χ3v) is 6.08. The number of ether oxygens (including phenoxy) is 2. The van der Waals surface area contributed by atoms with Crippen molar-refractivity contribution in [3.63, 3.8) is 0 Å². The van der Waals surface area contributed by atoms with E-state index in [2.05, 4.69) is 15.3 Å². The number of pyridine rings is 2. The molecule has 7 nitrogen and oxygen atoms in total. The predicted octanol–water partition coefficient (Wildman–Crippen LogP) is 5.67. The molecule has 0 aliphatic carbocycles. The molecule has 0 fully saturated rings. The highest BCUT2D eigenvalue weighted by Crippen LogP contribution is 2.34. The lowest BCUT2D eigenvalue weighted by Gasteiger charge is -2.14. The summed E-state index contributed by atoms with van der Waals surface area (Å²) in [5, 5.41) is 3.04. The van der Waals surface area contributed by atoms with Crippen LogP contribution in [-0.2, 0) is 15.5 Å². The predicted molar refractivity (Wildman–Crippen MR) is 127 cm³/mol. The Kier molecular flexibility index (Phi) is 7.26. The van der Waals surface area contributed by atoms with Crippen molar-refractivity contribution < 1.29 is 22.5 Å². The first-order chi connectivity index (χ1) is 16.3. The summed E-state index contributed by atoms with van der Waals surface area (Å²) in [6.07, 6.45) is 5.80. The van der Waals surface area contributed by atoms with Crippen LogP contribution in [0.1, 0.15) is 31.2 Å². The van der Waals surface area contributed by atoms with Crippen molar-refractivity contribution in [3.05, 3.63) is 59.8 Å². The number of hydrogen-bond acceptors (Lipinski definition) is 7. The smallest absolute Gasteiger partial charge is 0.215 e. The Bertz CT molecular complexity index is 1290. The van der Waals surface area contributed by atoms with E-state index in [9.17, 15) is 13.0 Å². The largest absolute Gasteiger partial charge is 0.493 e. The van der Waals surface area contributed by atoms with Crippen LogP contribution < -0.4 is 14.8 Å². The minimum atomic E-state index is -2.79. The number of aromatic nitrogens is 2. The highest BCUT2D eigenvalue weighted by molar-refractivity contribution is 7.90. The van der Waals surface area contributed by atoms with Gasteiger partial charge in [-0.25, -0.2) is 18.0 Å². The van der Waals surface area contributed by atoms with E-state index in [1.807, 2.05) is 0 Å². The zero-order valence-electron chi connectivity index (χ0n) is 18.8. The van der Waals surface area contributed by atoms with Gasteiger partial charge in [-0.15, -0.1) is 0 Å². The normalized spacial score (nSPS) is 16.1. The monoisotopic (exact) mass is 488 g/mol. The first-order valence-corrected chi connectivity index (χ1v) is 13.1. The molecule has 3 aromatic rings. The fourth-order valence-corrected chi connectivity index (χ4v) is 4.50. The van der Waals surface area contributed by atoms with E-state index in [1.54, 1.807) is 12.1 Å². The molecule has 180 valence electrons. The van der Waals surface area contributed by atoms with Crippen molar-refractivity contribution in [2.45, 2.75) is 31.4 Å². The lowest BCUT2D eigenvalue weighted by Crippen LogP contribution is -2.05. The van der Waals surface area contributed by atoms with Crippen LogP contribution in [0.5, 0.6) is 11.6 Å². The van der Waals surface area contributed by atoms with E-state index in [0.717, 1.165) is 31.9 Å². The number of halogens is 2. The molecule has 0 saturated carbocycles. The quantitative estimate of drug-likeness (QED) is 0.482. The van der Waals surface area contributed by atoms with Gasteiger partial charge in [-0.05, 0) is 55.5 Å². The van der Waals surface area contributed by atoms with Gasteiger partial charge in [-0.1, -0.05) is 0 Å². The molecule has 1 unspecified atom stereocenters. The summed E-state index contributed by atoms with van der Waals surface area (Å²) in [6.45, 7) is 0.830. The van der Waals surface area contributed by atoms with Crippen LogP contribution in [-0.4, -0.2) is 33.6 Å². The molecular weight excluding hydrogens is 462 g/mol. The maximum Gasteiger partial charge on any atom is 0.215 e. The molecule has 1 aromatic carbocycles. The molecule has 2 aromatic heterocycles. The summed E-state index contributed by atoms with van der Waals surface area (Å²) in [4.78, 5) is 8.55. The zero-order valence-corrected chi connectivity index (χ0v) is 19.6. The van der Waals surface area contributed by atoms with Crippen molar-refractivity contribution in [1.82, 2.24) is 9.97 Å². The van der Waals surface area contributed by atoms with Crippen molar-refractivity contribution in [2.24, 2.45) is 0 Å². The van der Waals surface area contributed by atoms with E-state index in [-0.39, 0.29) is 17.1 Å². The fraction of sp³-hybridized carbons (Fsp3) is 0.333. The van der Waals surface area contributed by atoms with E-state index in [4.69, 9.17) is 14.3 Å². The van der Waals surface area contributed by atoms with Gasteiger partial charge in [0.2, 0.25) is 5.88 Å². The Morgan fingerprint density at radius 1 is 1.00 bits per heavy atom. The summed E-state index contributed by atoms with van der Waals surface area (Å²) in [5.41, 5.74) is 1.25. The first kappa shape index (κ1) is 23.9. The van der Waals surface area contributed by atoms with Gasteiger partial charge in [0.05, 0.1) is 25.2 Å². The lowest BCUT2D eigenvalue weighted by atomic mass is 10.0. The number of benzene rings is 1. The third-order valence-electron chi connectivity index (χ3n) is 5.20.